The lowest BCUT2D eigenvalue weighted by Crippen LogP contribution is -2.43. The Morgan fingerprint density at radius 2 is 2.00 bits per heavy atom. The Bertz CT molecular complexity index is 424. The smallest absolute Gasteiger partial charge is 0.317 e. The summed E-state index contributed by atoms with van der Waals surface area (Å²) in [5, 5.41) is 5.46. The topological polar surface area (TPSA) is 50.4 Å². The molecule has 20 heavy (non-hydrogen) atoms. The number of urea groups is 1. The highest BCUT2D eigenvalue weighted by molar-refractivity contribution is 6.17. The van der Waals surface area contributed by atoms with Crippen molar-refractivity contribution in [2.75, 3.05) is 12.4 Å². The van der Waals surface area contributed by atoms with E-state index in [1.165, 1.54) is 0 Å². The molecule has 0 aliphatic rings. The molecule has 0 fully saturated rings. The largest absolute Gasteiger partial charge is 0.471 e. The first kappa shape index (κ1) is 16.6. The van der Waals surface area contributed by atoms with Gasteiger partial charge in [0.1, 0.15) is 5.75 Å². The zero-order chi connectivity index (χ0) is 15.0. The maximum absolute atomic E-state index is 11.6. The van der Waals surface area contributed by atoms with E-state index >= 15 is 0 Å². The summed E-state index contributed by atoms with van der Waals surface area (Å²) in [5.74, 6) is 1.71. The summed E-state index contributed by atoms with van der Waals surface area (Å²) in [7, 11) is 0. The first-order chi connectivity index (χ1) is 9.54. The van der Waals surface area contributed by atoms with E-state index in [1.807, 2.05) is 24.3 Å². The molecule has 0 aromatic heterocycles. The van der Waals surface area contributed by atoms with Gasteiger partial charge in [-0.2, -0.15) is 0 Å². The van der Waals surface area contributed by atoms with E-state index in [0.29, 0.717) is 18.3 Å². The molecule has 0 aliphatic heterocycles. The Hall–Kier alpha value is -1.42. The molecule has 0 saturated heterocycles. The monoisotopic (exact) mass is 298 g/mol. The molecule has 0 radical (unpaired) electrons. The minimum atomic E-state index is -0.397. The predicted octanol–water partition coefficient (Wildman–Crippen LogP) is 3.46. The summed E-state index contributed by atoms with van der Waals surface area (Å²) in [4.78, 5) is 11.6. The third kappa shape index (κ3) is 5.70. The number of hydrogen-bond acceptors (Lipinski definition) is 2. The zero-order valence-electron chi connectivity index (χ0n) is 12.3. The van der Waals surface area contributed by atoms with Gasteiger partial charge in [-0.3, -0.25) is 0 Å². The molecule has 1 atom stereocenters. The maximum Gasteiger partial charge on any atom is 0.317 e. The zero-order valence-corrected chi connectivity index (χ0v) is 13.0. The van der Waals surface area contributed by atoms with Crippen LogP contribution >= 0.6 is 11.6 Å². The average molecular weight is 299 g/mol. The van der Waals surface area contributed by atoms with Crippen molar-refractivity contribution >= 4 is 17.6 Å². The van der Waals surface area contributed by atoms with Crippen LogP contribution in [0.3, 0.4) is 0 Å². The van der Waals surface area contributed by atoms with E-state index in [9.17, 15) is 4.79 Å². The number of carbonyl (C=O) groups is 1. The summed E-state index contributed by atoms with van der Waals surface area (Å²) in [6, 6.07) is 7.62. The van der Waals surface area contributed by atoms with Gasteiger partial charge in [-0.25, -0.2) is 4.79 Å². The Morgan fingerprint density at radius 3 is 2.65 bits per heavy atom. The van der Waals surface area contributed by atoms with Crippen molar-refractivity contribution in [2.45, 2.75) is 39.3 Å². The lowest BCUT2D eigenvalue weighted by Gasteiger charge is -2.20. The fraction of sp³-hybridized carbons (Fsp3) is 0.533. The molecule has 112 valence electrons. The highest BCUT2D eigenvalue weighted by atomic mass is 35.5. The molecular formula is C15H23ClN2O2. The molecule has 2 N–H and O–H groups in total. The number of hydrogen-bond donors (Lipinski definition) is 2. The SMILES string of the molecule is CC(NC(=O)NCCCCl)Oc1ccccc1C(C)C. The van der Waals surface area contributed by atoms with Crippen molar-refractivity contribution in [3.05, 3.63) is 29.8 Å². The van der Waals surface area contributed by atoms with Crippen molar-refractivity contribution in [1.29, 1.82) is 0 Å². The highest BCUT2D eigenvalue weighted by Gasteiger charge is 2.12. The number of halogens is 1. The van der Waals surface area contributed by atoms with Crippen LogP contribution in [0.25, 0.3) is 0 Å². The van der Waals surface area contributed by atoms with Crippen LogP contribution in [0.1, 0.15) is 38.7 Å². The number of nitrogens with one attached hydrogen (secondary N) is 2. The van der Waals surface area contributed by atoms with E-state index in [2.05, 4.69) is 24.5 Å². The Balaban J connectivity index is 2.50. The van der Waals surface area contributed by atoms with Crippen LogP contribution in [0.4, 0.5) is 4.79 Å². The number of ether oxygens (including phenoxy) is 1. The van der Waals surface area contributed by atoms with Gasteiger partial charge >= 0.3 is 6.03 Å². The van der Waals surface area contributed by atoms with Crippen LogP contribution in [-0.4, -0.2) is 24.7 Å². The summed E-state index contributed by atoms with van der Waals surface area (Å²) >= 11 is 5.55. The minimum Gasteiger partial charge on any atom is -0.471 e. The molecule has 0 saturated carbocycles. The second-order valence-corrected chi connectivity index (χ2v) is 5.27. The average Bonchev–Trinajstić information content (AvgIpc) is 2.39. The summed E-state index contributed by atoms with van der Waals surface area (Å²) in [6.07, 6.45) is 0.353. The summed E-state index contributed by atoms with van der Waals surface area (Å²) < 4.78 is 5.79. The molecule has 0 aliphatic carbocycles. The van der Waals surface area contributed by atoms with Gasteiger partial charge in [0, 0.05) is 12.4 Å². The van der Waals surface area contributed by atoms with E-state index in [-0.39, 0.29) is 6.03 Å². The lowest BCUT2D eigenvalue weighted by molar-refractivity contribution is 0.175. The quantitative estimate of drug-likeness (QED) is 0.460. The summed E-state index contributed by atoms with van der Waals surface area (Å²) in [6.45, 7) is 6.58. The van der Waals surface area contributed by atoms with Crippen molar-refractivity contribution in [3.63, 3.8) is 0 Å². The van der Waals surface area contributed by atoms with Crippen LogP contribution < -0.4 is 15.4 Å². The minimum absolute atomic E-state index is 0.246. The standard InChI is InChI=1S/C15H23ClN2O2/c1-11(2)13-7-4-5-8-14(13)20-12(3)18-15(19)17-10-6-9-16/h4-5,7-8,11-12H,6,9-10H2,1-3H3,(H2,17,18,19). The second-order valence-electron chi connectivity index (χ2n) is 4.90. The van der Waals surface area contributed by atoms with Crippen molar-refractivity contribution in [1.82, 2.24) is 10.6 Å². The number of rotatable bonds is 7. The van der Waals surface area contributed by atoms with Crippen LogP contribution in [-0.2, 0) is 0 Å². The van der Waals surface area contributed by atoms with Crippen molar-refractivity contribution < 1.29 is 9.53 Å². The van der Waals surface area contributed by atoms with Gasteiger partial charge < -0.3 is 15.4 Å². The van der Waals surface area contributed by atoms with Gasteiger partial charge in [-0.1, -0.05) is 32.0 Å². The molecule has 0 heterocycles. The van der Waals surface area contributed by atoms with E-state index in [1.54, 1.807) is 6.92 Å². The predicted molar refractivity (Wildman–Crippen MR) is 82.5 cm³/mol. The first-order valence-corrected chi connectivity index (χ1v) is 7.44. The van der Waals surface area contributed by atoms with Gasteiger partial charge in [-0.15, -0.1) is 11.6 Å². The Morgan fingerprint density at radius 1 is 1.30 bits per heavy atom. The van der Waals surface area contributed by atoms with Crippen LogP contribution in [0.5, 0.6) is 5.75 Å². The molecule has 1 rings (SSSR count). The molecule has 2 amide bonds. The Kier molecular flexibility index (Phi) is 7.23. The van der Waals surface area contributed by atoms with E-state index in [0.717, 1.165) is 17.7 Å². The molecule has 1 aromatic rings. The van der Waals surface area contributed by atoms with Gasteiger partial charge in [0.15, 0.2) is 6.23 Å². The van der Waals surface area contributed by atoms with E-state index in [4.69, 9.17) is 16.3 Å². The molecule has 0 spiro atoms. The van der Waals surface area contributed by atoms with Crippen molar-refractivity contribution in [2.24, 2.45) is 0 Å². The molecule has 1 aromatic carbocycles. The number of amides is 2. The number of alkyl halides is 1. The third-order valence-electron chi connectivity index (χ3n) is 2.78. The first-order valence-electron chi connectivity index (χ1n) is 6.90. The van der Waals surface area contributed by atoms with Gasteiger partial charge in [0.2, 0.25) is 0 Å². The second kappa shape index (κ2) is 8.69. The number of benzene rings is 1. The third-order valence-corrected chi connectivity index (χ3v) is 3.04. The van der Waals surface area contributed by atoms with Gasteiger partial charge in [0.25, 0.3) is 0 Å². The summed E-state index contributed by atoms with van der Waals surface area (Å²) in [5.41, 5.74) is 1.13. The fourth-order valence-corrected chi connectivity index (χ4v) is 1.92. The number of para-hydroxylation sites is 1. The molecular weight excluding hydrogens is 276 g/mol. The molecule has 1 unspecified atom stereocenters. The molecule has 5 heteroatoms. The Labute approximate surface area is 125 Å². The van der Waals surface area contributed by atoms with Crippen LogP contribution in [0, 0.1) is 0 Å². The van der Waals surface area contributed by atoms with Gasteiger partial charge in [0.05, 0.1) is 0 Å². The molecule has 4 nitrogen and oxygen atoms in total. The van der Waals surface area contributed by atoms with Crippen LogP contribution in [0.2, 0.25) is 0 Å². The number of carbonyl (C=O) groups excluding carboxylic acids is 1. The van der Waals surface area contributed by atoms with Gasteiger partial charge in [-0.05, 0) is 30.9 Å². The normalized spacial score (nSPS) is 12.1. The lowest BCUT2D eigenvalue weighted by atomic mass is 10.0. The maximum atomic E-state index is 11.6. The molecule has 0 bridgehead atoms. The highest BCUT2D eigenvalue weighted by Crippen LogP contribution is 2.26. The fourth-order valence-electron chi connectivity index (χ4n) is 1.79. The van der Waals surface area contributed by atoms with Crippen molar-refractivity contribution in [3.8, 4) is 5.75 Å². The van der Waals surface area contributed by atoms with E-state index < -0.39 is 6.23 Å². The van der Waals surface area contributed by atoms with Crippen LogP contribution in [0.15, 0.2) is 24.3 Å².